The van der Waals surface area contributed by atoms with Crippen LogP contribution in [0.1, 0.15) is 23.1 Å². The van der Waals surface area contributed by atoms with Crippen LogP contribution in [0.5, 0.6) is 11.5 Å². The van der Waals surface area contributed by atoms with Crippen molar-refractivity contribution in [3.05, 3.63) is 81.0 Å². The second-order valence-corrected chi connectivity index (χ2v) is 8.17. The third-order valence-electron chi connectivity index (χ3n) is 5.36. The number of Topliss-reactive ketones (excluding diaryl/α,β-unsaturated/α-hetero) is 1. The van der Waals surface area contributed by atoms with Gasteiger partial charge >= 0.3 is 0 Å². The second-order valence-electron chi connectivity index (χ2n) is 7.38. The number of rotatable bonds is 5. The number of amides is 1. The predicted molar refractivity (Wildman–Crippen MR) is 124 cm³/mol. The topological polar surface area (TPSA) is 89.2 Å². The van der Waals surface area contributed by atoms with Gasteiger partial charge in [-0.3, -0.25) is 14.5 Å². The summed E-state index contributed by atoms with van der Waals surface area (Å²) in [7, 11) is 2.67. The Balaban J connectivity index is 2.01. The first-order valence-electron chi connectivity index (χ1n) is 9.92. The van der Waals surface area contributed by atoms with Gasteiger partial charge in [-0.25, -0.2) is 4.39 Å². The third kappa shape index (κ3) is 3.78. The quantitative estimate of drug-likeness (QED) is 0.272. The van der Waals surface area contributed by atoms with Gasteiger partial charge in [-0.1, -0.05) is 29.3 Å². The van der Waals surface area contributed by atoms with Crippen LogP contribution < -0.4 is 14.4 Å². The average molecular weight is 506 g/mol. The van der Waals surface area contributed by atoms with Gasteiger partial charge in [0.05, 0.1) is 30.4 Å². The van der Waals surface area contributed by atoms with Crippen LogP contribution in [0, 0.1) is 12.7 Å². The van der Waals surface area contributed by atoms with Gasteiger partial charge in [0.1, 0.15) is 34.2 Å². The zero-order valence-corrected chi connectivity index (χ0v) is 19.7. The first kappa shape index (κ1) is 23.7. The van der Waals surface area contributed by atoms with E-state index in [4.69, 9.17) is 37.1 Å². The number of aryl methyl sites for hydroxylation is 1. The maximum absolute atomic E-state index is 14.0. The van der Waals surface area contributed by atoms with E-state index >= 15 is 0 Å². The van der Waals surface area contributed by atoms with Gasteiger partial charge in [-0.15, -0.1) is 0 Å². The van der Waals surface area contributed by atoms with Gasteiger partial charge in [0.25, 0.3) is 11.7 Å². The number of ether oxygens (including phenoxy) is 2. The molecule has 1 aliphatic heterocycles. The van der Waals surface area contributed by atoms with Crippen LogP contribution in [0.25, 0.3) is 5.76 Å². The molecule has 1 N–H and O–H groups in total. The number of carbonyl (C=O) groups excluding carboxylic acids is 2. The highest BCUT2D eigenvalue weighted by Gasteiger charge is 2.49. The summed E-state index contributed by atoms with van der Waals surface area (Å²) >= 11 is 12.6. The van der Waals surface area contributed by atoms with Crippen molar-refractivity contribution in [3.63, 3.8) is 0 Å². The molecule has 3 aromatic rings. The minimum atomic E-state index is -1.19. The summed E-state index contributed by atoms with van der Waals surface area (Å²) in [5.41, 5.74) is -0.235. The molecule has 1 amide bonds. The summed E-state index contributed by atoms with van der Waals surface area (Å²) in [5.74, 6) is -2.41. The molecule has 1 aliphatic rings. The molecule has 1 unspecified atom stereocenters. The average Bonchev–Trinajstić information content (AvgIpc) is 3.34. The van der Waals surface area contributed by atoms with Gasteiger partial charge < -0.3 is 19.0 Å². The standard InChI is InChI=1S/C24H18Cl2FNO6/c1-11-7-8-16(34-11)19-17(21(30)24(31)28(19)13-6-4-5-12(27)9-13)20(29)14-10-15(25)23(33-3)18(26)22(14)32-2/h4-10,19,29H,1-3H3/b20-17+. The maximum atomic E-state index is 14.0. The van der Waals surface area contributed by atoms with E-state index in [1.807, 2.05) is 0 Å². The number of anilines is 1. The lowest BCUT2D eigenvalue weighted by Gasteiger charge is -2.23. The summed E-state index contributed by atoms with van der Waals surface area (Å²) in [6.45, 7) is 1.68. The van der Waals surface area contributed by atoms with E-state index in [1.54, 1.807) is 19.1 Å². The number of ketones is 1. The zero-order valence-electron chi connectivity index (χ0n) is 18.2. The molecular formula is C24H18Cl2FNO6. The van der Waals surface area contributed by atoms with E-state index in [9.17, 15) is 19.1 Å². The number of benzene rings is 2. The Morgan fingerprint density at radius 3 is 2.38 bits per heavy atom. The minimum absolute atomic E-state index is 0.0215. The van der Waals surface area contributed by atoms with Gasteiger partial charge in [-0.05, 0) is 43.3 Å². The maximum Gasteiger partial charge on any atom is 0.300 e. The highest BCUT2D eigenvalue weighted by molar-refractivity contribution is 6.51. The molecular weight excluding hydrogens is 488 g/mol. The van der Waals surface area contributed by atoms with Crippen LogP contribution in [0.2, 0.25) is 10.0 Å². The van der Waals surface area contributed by atoms with Gasteiger partial charge in [0, 0.05) is 5.69 Å². The number of methoxy groups -OCH3 is 2. The Bertz CT molecular complexity index is 1350. The number of hydrogen-bond acceptors (Lipinski definition) is 6. The molecule has 10 heteroatoms. The van der Waals surface area contributed by atoms with Crippen molar-refractivity contribution < 1.29 is 33.0 Å². The van der Waals surface area contributed by atoms with Crippen LogP contribution in [0.4, 0.5) is 10.1 Å². The molecule has 7 nitrogen and oxygen atoms in total. The van der Waals surface area contributed by atoms with Gasteiger partial charge in [0.2, 0.25) is 0 Å². The Morgan fingerprint density at radius 1 is 1.09 bits per heavy atom. The largest absolute Gasteiger partial charge is 0.507 e. The Morgan fingerprint density at radius 2 is 1.79 bits per heavy atom. The molecule has 2 aromatic carbocycles. The summed E-state index contributed by atoms with van der Waals surface area (Å²) in [6.07, 6.45) is 0. The second kappa shape index (κ2) is 9.04. The van der Waals surface area contributed by atoms with Crippen molar-refractivity contribution in [2.75, 3.05) is 19.1 Å². The molecule has 4 rings (SSSR count). The fraction of sp³-hybridized carbons (Fsp3) is 0.167. The summed E-state index contributed by atoms with van der Waals surface area (Å²) < 4.78 is 30.2. The monoisotopic (exact) mass is 505 g/mol. The highest BCUT2D eigenvalue weighted by Crippen LogP contribution is 2.48. The van der Waals surface area contributed by atoms with Crippen LogP contribution in [0.3, 0.4) is 0 Å². The number of aliphatic hydroxyl groups is 1. The lowest BCUT2D eigenvalue weighted by molar-refractivity contribution is -0.132. The normalized spacial score (nSPS) is 17.4. The van der Waals surface area contributed by atoms with Crippen LogP contribution in [0.15, 0.2) is 52.5 Å². The Hall–Kier alpha value is -3.49. The molecule has 0 radical (unpaired) electrons. The lowest BCUT2D eigenvalue weighted by atomic mass is 9.98. The first-order valence-corrected chi connectivity index (χ1v) is 10.7. The fourth-order valence-corrected chi connectivity index (χ4v) is 4.57. The number of carbonyl (C=O) groups is 2. The Kier molecular flexibility index (Phi) is 6.29. The van der Waals surface area contributed by atoms with E-state index in [2.05, 4.69) is 0 Å². The molecule has 0 bridgehead atoms. The molecule has 2 heterocycles. The molecule has 1 aromatic heterocycles. The minimum Gasteiger partial charge on any atom is -0.507 e. The molecule has 0 spiro atoms. The number of aliphatic hydroxyl groups excluding tert-OH is 1. The van der Waals surface area contributed by atoms with E-state index in [-0.39, 0.29) is 44.1 Å². The Labute approximate surface area is 203 Å². The number of nitrogens with zero attached hydrogens (tertiary/aromatic N) is 1. The summed E-state index contributed by atoms with van der Waals surface area (Å²) in [5, 5.41) is 11.3. The van der Waals surface area contributed by atoms with Crippen molar-refractivity contribution in [1.82, 2.24) is 0 Å². The highest BCUT2D eigenvalue weighted by atomic mass is 35.5. The SMILES string of the molecule is COc1c(Cl)cc(/C(O)=C2\C(=O)C(=O)N(c3cccc(F)c3)C2c2ccc(C)o2)c(OC)c1Cl. The fourth-order valence-electron chi connectivity index (χ4n) is 3.89. The van der Waals surface area contributed by atoms with E-state index in [1.165, 1.54) is 38.5 Å². The molecule has 176 valence electrons. The molecule has 1 fully saturated rings. The van der Waals surface area contributed by atoms with Crippen molar-refractivity contribution in [1.29, 1.82) is 0 Å². The van der Waals surface area contributed by atoms with Crippen molar-refractivity contribution >= 4 is 46.3 Å². The van der Waals surface area contributed by atoms with E-state index in [0.717, 1.165) is 11.0 Å². The molecule has 0 aliphatic carbocycles. The summed E-state index contributed by atoms with van der Waals surface area (Å²) in [6, 6.07) is 8.51. The van der Waals surface area contributed by atoms with Crippen molar-refractivity contribution in [3.8, 4) is 11.5 Å². The molecule has 1 atom stereocenters. The van der Waals surface area contributed by atoms with Gasteiger partial charge in [-0.2, -0.15) is 0 Å². The number of furan rings is 1. The number of halogens is 3. The lowest BCUT2D eigenvalue weighted by Crippen LogP contribution is -2.29. The third-order valence-corrected chi connectivity index (χ3v) is 5.98. The van der Waals surface area contributed by atoms with Crippen LogP contribution in [-0.4, -0.2) is 31.0 Å². The summed E-state index contributed by atoms with van der Waals surface area (Å²) in [4.78, 5) is 27.4. The molecule has 34 heavy (non-hydrogen) atoms. The van der Waals surface area contributed by atoms with Crippen LogP contribution >= 0.6 is 23.2 Å². The number of hydrogen-bond donors (Lipinski definition) is 1. The predicted octanol–water partition coefficient (Wildman–Crippen LogP) is 5.68. The molecule has 1 saturated heterocycles. The smallest absolute Gasteiger partial charge is 0.300 e. The van der Waals surface area contributed by atoms with Gasteiger partial charge in [0.15, 0.2) is 11.5 Å². The van der Waals surface area contributed by atoms with E-state index in [0.29, 0.717) is 5.76 Å². The van der Waals surface area contributed by atoms with Crippen LogP contribution in [-0.2, 0) is 9.59 Å². The van der Waals surface area contributed by atoms with E-state index < -0.39 is 29.3 Å². The molecule has 0 saturated carbocycles. The van der Waals surface area contributed by atoms with Crippen molar-refractivity contribution in [2.24, 2.45) is 0 Å². The van der Waals surface area contributed by atoms with Crippen molar-refractivity contribution in [2.45, 2.75) is 13.0 Å². The zero-order chi connectivity index (χ0) is 24.7. The first-order chi connectivity index (χ1) is 16.2.